The topological polar surface area (TPSA) is 98.7 Å². The number of unbranched alkanes of at least 4 members (excludes halogenated alkanes) is 1. The molecule has 43 heavy (non-hydrogen) atoms. The predicted octanol–water partition coefficient (Wildman–Crippen LogP) is 5.90. The van der Waals surface area contributed by atoms with E-state index >= 15 is 0 Å². The normalized spacial score (nSPS) is 18.8. The first-order valence-corrected chi connectivity index (χ1v) is 15.4. The van der Waals surface area contributed by atoms with Gasteiger partial charge in [0.1, 0.15) is 5.75 Å². The van der Waals surface area contributed by atoms with Gasteiger partial charge < -0.3 is 20.1 Å². The molecule has 1 fully saturated rings. The molecule has 1 heterocycles. The van der Waals surface area contributed by atoms with Crippen molar-refractivity contribution in [3.63, 3.8) is 0 Å². The number of methoxy groups -OCH3 is 1. The van der Waals surface area contributed by atoms with Gasteiger partial charge in [0.25, 0.3) is 5.91 Å². The standard InChI is InChI=1S/C34H38ClN3O5/c1-22-28(29-19-25(42-2)15-16-31(29)38(22)33(40)23-11-13-24(35)14-12-23)20-32(39)36-17-7-8-18-37-34(41)43-21-30-26-9-5-3-4-6-10-27(26)30/h11-16,19,26-27,30H,5-10,17-18,20-21H2,1-2H3,(H,36,39)(H,37,41)/t26-,27+,30?. The molecule has 2 aliphatic rings. The number of ether oxygens (including phenoxy) is 2. The van der Waals surface area contributed by atoms with Gasteiger partial charge in [-0.05, 0) is 98.4 Å². The van der Waals surface area contributed by atoms with Gasteiger partial charge in [0, 0.05) is 47.6 Å². The lowest BCUT2D eigenvalue weighted by molar-refractivity contribution is -0.120. The summed E-state index contributed by atoms with van der Waals surface area (Å²) in [4.78, 5) is 38.6. The molecule has 1 aromatic heterocycles. The molecule has 3 atom stereocenters. The van der Waals surface area contributed by atoms with Crippen LogP contribution in [-0.2, 0) is 16.0 Å². The highest BCUT2D eigenvalue weighted by molar-refractivity contribution is 6.30. The number of aromatic nitrogens is 1. The SMILES string of the molecule is COc1ccc2c(c1)c(CC(=O)NCCCCNC(=O)OCC1[C@H]3CCC#CCC[C@@H]13)c(C)n2C(=O)c1ccc(Cl)cc1. The first kappa shape index (κ1) is 30.5. The van der Waals surface area contributed by atoms with Crippen LogP contribution in [0.15, 0.2) is 42.5 Å². The van der Waals surface area contributed by atoms with Crippen molar-refractivity contribution in [1.29, 1.82) is 0 Å². The summed E-state index contributed by atoms with van der Waals surface area (Å²) in [5.74, 6) is 8.48. The van der Waals surface area contributed by atoms with E-state index in [1.54, 1.807) is 42.0 Å². The maximum atomic E-state index is 13.5. The lowest BCUT2D eigenvalue weighted by Gasteiger charge is -2.09. The monoisotopic (exact) mass is 603 g/mol. The number of halogens is 1. The number of rotatable bonds is 11. The Hall–Kier alpha value is -3.96. The van der Waals surface area contributed by atoms with Crippen LogP contribution in [0.25, 0.3) is 10.9 Å². The summed E-state index contributed by atoms with van der Waals surface area (Å²) in [6.45, 7) is 3.29. The minimum atomic E-state index is -0.380. The summed E-state index contributed by atoms with van der Waals surface area (Å²) in [5.41, 5.74) is 2.68. The Balaban J connectivity index is 1.09. The summed E-state index contributed by atoms with van der Waals surface area (Å²) in [6, 6.07) is 12.2. The molecule has 5 rings (SSSR count). The summed E-state index contributed by atoms with van der Waals surface area (Å²) >= 11 is 6.02. The number of alkyl carbamates (subject to hydrolysis) is 1. The number of nitrogens with one attached hydrogen (secondary N) is 2. The van der Waals surface area contributed by atoms with Crippen LogP contribution in [0.1, 0.15) is 60.1 Å². The van der Waals surface area contributed by atoms with Crippen molar-refractivity contribution in [1.82, 2.24) is 15.2 Å². The molecule has 0 spiro atoms. The number of nitrogens with zero attached hydrogens (tertiary/aromatic N) is 1. The predicted molar refractivity (Wildman–Crippen MR) is 166 cm³/mol. The minimum Gasteiger partial charge on any atom is -0.497 e. The highest BCUT2D eigenvalue weighted by atomic mass is 35.5. The number of hydrogen-bond donors (Lipinski definition) is 2. The van der Waals surface area contributed by atoms with Crippen molar-refractivity contribution in [3.05, 3.63) is 64.3 Å². The fourth-order valence-corrected chi connectivity index (χ4v) is 6.32. The van der Waals surface area contributed by atoms with Crippen LogP contribution in [0.4, 0.5) is 4.79 Å². The molecule has 2 aliphatic carbocycles. The largest absolute Gasteiger partial charge is 0.497 e. The fraction of sp³-hybridized carbons (Fsp3) is 0.441. The molecule has 226 valence electrons. The van der Waals surface area contributed by atoms with E-state index in [0.717, 1.165) is 36.6 Å². The van der Waals surface area contributed by atoms with Crippen molar-refractivity contribution in [2.24, 2.45) is 17.8 Å². The number of carbonyl (C=O) groups is 3. The van der Waals surface area contributed by atoms with Crippen LogP contribution in [0, 0.1) is 36.5 Å². The summed E-state index contributed by atoms with van der Waals surface area (Å²) in [5, 5.41) is 7.13. The molecule has 0 aliphatic heterocycles. The van der Waals surface area contributed by atoms with Crippen LogP contribution in [0.2, 0.25) is 5.02 Å². The van der Waals surface area contributed by atoms with Gasteiger partial charge in [-0.3, -0.25) is 14.2 Å². The van der Waals surface area contributed by atoms with Crippen molar-refractivity contribution in [2.45, 2.75) is 51.9 Å². The van der Waals surface area contributed by atoms with Crippen LogP contribution < -0.4 is 15.4 Å². The van der Waals surface area contributed by atoms with Gasteiger partial charge in [0.2, 0.25) is 5.91 Å². The zero-order valence-electron chi connectivity index (χ0n) is 24.7. The number of benzene rings is 2. The van der Waals surface area contributed by atoms with Crippen molar-refractivity contribution in [2.75, 3.05) is 26.8 Å². The molecule has 9 heteroatoms. The van der Waals surface area contributed by atoms with Crippen LogP contribution in [0.3, 0.4) is 0 Å². The fourth-order valence-electron chi connectivity index (χ4n) is 6.19. The van der Waals surface area contributed by atoms with Gasteiger partial charge in [-0.1, -0.05) is 11.6 Å². The number of amides is 2. The molecule has 3 aromatic rings. The van der Waals surface area contributed by atoms with Crippen molar-refractivity contribution >= 4 is 40.4 Å². The summed E-state index contributed by atoms with van der Waals surface area (Å²) < 4.78 is 12.5. The van der Waals surface area contributed by atoms with E-state index in [1.165, 1.54) is 0 Å². The maximum absolute atomic E-state index is 13.5. The molecule has 2 N–H and O–H groups in total. The Morgan fingerprint density at radius 3 is 2.33 bits per heavy atom. The summed E-state index contributed by atoms with van der Waals surface area (Å²) in [6.07, 6.45) is 5.28. The van der Waals surface area contributed by atoms with Gasteiger partial charge in [0.15, 0.2) is 0 Å². The number of hydrogen-bond acceptors (Lipinski definition) is 5. The average Bonchev–Trinajstić information content (AvgIpc) is 3.56. The van der Waals surface area contributed by atoms with Crippen LogP contribution in [0.5, 0.6) is 5.75 Å². The Bertz CT molecular complexity index is 1530. The lowest BCUT2D eigenvalue weighted by Crippen LogP contribution is -2.29. The highest BCUT2D eigenvalue weighted by Gasteiger charge is 2.49. The van der Waals surface area contributed by atoms with Crippen LogP contribution in [-0.4, -0.2) is 49.3 Å². The molecule has 2 amide bonds. The molecule has 0 bridgehead atoms. The van der Waals surface area contributed by atoms with E-state index in [-0.39, 0.29) is 24.3 Å². The highest BCUT2D eigenvalue weighted by Crippen LogP contribution is 2.52. The molecule has 1 unspecified atom stereocenters. The molecular weight excluding hydrogens is 566 g/mol. The Kier molecular flexibility index (Phi) is 9.93. The van der Waals surface area contributed by atoms with Gasteiger partial charge in [0.05, 0.1) is 25.7 Å². The third-order valence-electron chi connectivity index (χ3n) is 8.61. The average molecular weight is 604 g/mol. The van der Waals surface area contributed by atoms with Crippen LogP contribution >= 0.6 is 11.6 Å². The number of fused-ring (bicyclic) bond motifs is 2. The Morgan fingerprint density at radius 1 is 0.977 bits per heavy atom. The Morgan fingerprint density at radius 2 is 1.65 bits per heavy atom. The quantitative estimate of drug-likeness (QED) is 0.210. The molecule has 0 saturated heterocycles. The molecular formula is C34H38ClN3O5. The van der Waals surface area contributed by atoms with E-state index < -0.39 is 0 Å². The van der Waals surface area contributed by atoms with Gasteiger partial charge in [-0.2, -0.15) is 0 Å². The first-order valence-electron chi connectivity index (χ1n) is 15.0. The van der Waals surface area contributed by atoms with E-state index in [1.807, 2.05) is 19.1 Å². The van der Waals surface area contributed by atoms with Gasteiger partial charge in [-0.25, -0.2) is 4.79 Å². The third kappa shape index (κ3) is 7.34. The van der Waals surface area contributed by atoms with Crippen molar-refractivity contribution in [3.8, 4) is 17.6 Å². The van der Waals surface area contributed by atoms with Gasteiger partial charge in [-0.15, -0.1) is 11.8 Å². The van der Waals surface area contributed by atoms with Gasteiger partial charge >= 0.3 is 6.09 Å². The van der Waals surface area contributed by atoms with E-state index in [2.05, 4.69) is 22.5 Å². The maximum Gasteiger partial charge on any atom is 0.407 e. The smallest absolute Gasteiger partial charge is 0.407 e. The molecule has 0 radical (unpaired) electrons. The van der Waals surface area contributed by atoms with Crippen molar-refractivity contribution < 1.29 is 23.9 Å². The second-order valence-electron chi connectivity index (χ2n) is 11.3. The molecule has 1 saturated carbocycles. The van der Waals surface area contributed by atoms with E-state index in [4.69, 9.17) is 21.1 Å². The first-order chi connectivity index (χ1) is 20.9. The zero-order chi connectivity index (χ0) is 30.3. The Labute approximate surface area is 257 Å². The zero-order valence-corrected chi connectivity index (χ0v) is 25.5. The molecule has 2 aromatic carbocycles. The number of carbonyl (C=O) groups excluding carboxylic acids is 3. The van der Waals surface area contributed by atoms with E-state index in [0.29, 0.717) is 77.8 Å². The third-order valence-corrected chi connectivity index (χ3v) is 8.87. The van der Waals surface area contributed by atoms with E-state index in [9.17, 15) is 14.4 Å². The lowest BCUT2D eigenvalue weighted by atomic mass is 10.1. The second kappa shape index (κ2) is 14.0. The second-order valence-corrected chi connectivity index (χ2v) is 11.7. The summed E-state index contributed by atoms with van der Waals surface area (Å²) in [7, 11) is 1.58. The minimum absolute atomic E-state index is 0.121. The molecule has 8 nitrogen and oxygen atoms in total.